The Morgan fingerprint density at radius 2 is 2.12 bits per heavy atom. The molecule has 0 radical (unpaired) electrons. The van der Waals surface area contributed by atoms with E-state index < -0.39 is 0 Å². The van der Waals surface area contributed by atoms with Gasteiger partial charge in [0.2, 0.25) is 0 Å². The predicted molar refractivity (Wildman–Crippen MR) is 64.7 cm³/mol. The van der Waals surface area contributed by atoms with Crippen LogP contribution in [0.25, 0.3) is 0 Å². The van der Waals surface area contributed by atoms with Gasteiger partial charge < -0.3 is 9.32 Å². The van der Waals surface area contributed by atoms with Crippen LogP contribution in [0.5, 0.6) is 0 Å². The molecule has 0 aliphatic carbocycles. The van der Waals surface area contributed by atoms with Crippen molar-refractivity contribution in [1.82, 2.24) is 4.90 Å². The number of ketones is 1. The molecule has 2 unspecified atom stereocenters. The van der Waals surface area contributed by atoms with E-state index in [0.717, 1.165) is 18.4 Å². The van der Waals surface area contributed by atoms with Crippen molar-refractivity contribution in [3.05, 3.63) is 24.2 Å². The summed E-state index contributed by atoms with van der Waals surface area (Å²) in [4.78, 5) is 14.7. The van der Waals surface area contributed by atoms with Crippen molar-refractivity contribution < 1.29 is 9.21 Å². The highest BCUT2D eigenvalue weighted by Gasteiger charge is 2.40. The Kier molecular flexibility index (Phi) is 2.79. The Labute approximate surface area is 102 Å². The summed E-state index contributed by atoms with van der Waals surface area (Å²) in [6, 6.07) is 3.18. The lowest BCUT2D eigenvalue weighted by atomic mass is 9.86. The number of Topliss-reactive ketones (excluding diaryl/α,β-unsaturated/α-hetero) is 1. The molecule has 2 bridgehead atoms. The molecule has 0 spiro atoms. The van der Waals surface area contributed by atoms with E-state index in [0.29, 0.717) is 24.3 Å². The van der Waals surface area contributed by atoms with E-state index in [9.17, 15) is 4.79 Å². The molecule has 3 rings (SSSR count). The van der Waals surface area contributed by atoms with Crippen molar-refractivity contribution in [2.24, 2.45) is 5.92 Å². The van der Waals surface area contributed by atoms with Crippen molar-refractivity contribution in [3.63, 3.8) is 0 Å². The summed E-state index contributed by atoms with van der Waals surface area (Å²) in [6.45, 7) is 0. The standard InChI is InChI=1S/C14H19NO2/c1-15-12-2-3-13(15)8-11(7-12)14(16)6-10-4-5-17-9-10/h4-5,9,11-13H,2-3,6-8H2,1H3. The third kappa shape index (κ3) is 2.04. The fourth-order valence-electron chi connectivity index (χ4n) is 3.41. The van der Waals surface area contributed by atoms with E-state index in [1.54, 1.807) is 12.5 Å². The van der Waals surface area contributed by atoms with Crippen LogP contribution in [0.4, 0.5) is 0 Å². The van der Waals surface area contributed by atoms with E-state index in [4.69, 9.17) is 4.42 Å². The molecule has 2 aliphatic heterocycles. The number of fused-ring (bicyclic) bond motifs is 2. The SMILES string of the molecule is CN1C2CCC1CC(C(=O)Cc1ccoc1)C2. The minimum Gasteiger partial charge on any atom is -0.472 e. The second kappa shape index (κ2) is 4.30. The highest BCUT2D eigenvalue weighted by Crippen LogP contribution is 2.38. The molecule has 1 aromatic rings. The predicted octanol–water partition coefficient (Wildman–Crippen LogP) is 2.26. The summed E-state index contributed by atoms with van der Waals surface area (Å²) < 4.78 is 5.01. The molecule has 3 nitrogen and oxygen atoms in total. The third-order valence-corrected chi connectivity index (χ3v) is 4.51. The van der Waals surface area contributed by atoms with Gasteiger partial charge in [0.15, 0.2) is 0 Å². The van der Waals surface area contributed by atoms with Crippen molar-refractivity contribution in [3.8, 4) is 0 Å². The van der Waals surface area contributed by atoms with Gasteiger partial charge in [-0.25, -0.2) is 0 Å². The smallest absolute Gasteiger partial charge is 0.140 e. The number of furan rings is 1. The second-order valence-corrected chi connectivity index (χ2v) is 5.49. The molecule has 3 heterocycles. The molecule has 3 heteroatoms. The van der Waals surface area contributed by atoms with Gasteiger partial charge in [-0.1, -0.05) is 0 Å². The molecule has 92 valence electrons. The lowest BCUT2D eigenvalue weighted by Crippen LogP contribution is -2.42. The molecule has 0 N–H and O–H groups in total. The number of carbonyl (C=O) groups excluding carboxylic acids is 1. The van der Waals surface area contributed by atoms with Gasteiger partial charge in [-0.05, 0) is 44.4 Å². The van der Waals surface area contributed by atoms with Crippen molar-refractivity contribution >= 4 is 5.78 Å². The number of hydrogen-bond acceptors (Lipinski definition) is 3. The van der Waals surface area contributed by atoms with Crippen LogP contribution in [0, 0.1) is 5.92 Å². The van der Waals surface area contributed by atoms with Gasteiger partial charge in [-0.2, -0.15) is 0 Å². The van der Waals surface area contributed by atoms with Crippen LogP contribution in [0.3, 0.4) is 0 Å². The van der Waals surface area contributed by atoms with Crippen LogP contribution in [0.1, 0.15) is 31.2 Å². The molecule has 2 saturated heterocycles. The van der Waals surface area contributed by atoms with Gasteiger partial charge in [0.1, 0.15) is 5.78 Å². The molecule has 0 amide bonds. The Balaban J connectivity index is 1.64. The van der Waals surface area contributed by atoms with E-state index >= 15 is 0 Å². The Morgan fingerprint density at radius 1 is 1.41 bits per heavy atom. The highest BCUT2D eigenvalue weighted by molar-refractivity contribution is 5.83. The first kappa shape index (κ1) is 11.0. The molecule has 2 aliphatic rings. The first-order chi connectivity index (χ1) is 8.24. The maximum Gasteiger partial charge on any atom is 0.140 e. The van der Waals surface area contributed by atoms with Gasteiger partial charge in [-0.3, -0.25) is 4.79 Å². The van der Waals surface area contributed by atoms with E-state index in [2.05, 4.69) is 11.9 Å². The molecule has 2 atom stereocenters. The maximum atomic E-state index is 12.2. The number of nitrogens with zero attached hydrogens (tertiary/aromatic N) is 1. The fourth-order valence-corrected chi connectivity index (χ4v) is 3.41. The van der Waals surface area contributed by atoms with Gasteiger partial charge in [0.25, 0.3) is 0 Å². The van der Waals surface area contributed by atoms with Gasteiger partial charge in [0, 0.05) is 24.4 Å². The maximum absolute atomic E-state index is 12.2. The quantitative estimate of drug-likeness (QED) is 0.803. The van der Waals surface area contributed by atoms with Crippen molar-refractivity contribution in [1.29, 1.82) is 0 Å². The normalized spacial score (nSPS) is 32.9. The Hall–Kier alpha value is -1.09. The number of rotatable bonds is 3. The first-order valence-corrected chi connectivity index (χ1v) is 6.50. The average Bonchev–Trinajstić information content (AvgIpc) is 2.86. The second-order valence-electron chi connectivity index (χ2n) is 5.49. The molecular formula is C14H19NO2. The van der Waals surface area contributed by atoms with Crippen LogP contribution in [0.2, 0.25) is 0 Å². The van der Waals surface area contributed by atoms with Crippen LogP contribution in [-0.2, 0) is 11.2 Å². The van der Waals surface area contributed by atoms with Crippen LogP contribution < -0.4 is 0 Å². The monoisotopic (exact) mass is 233 g/mol. The first-order valence-electron chi connectivity index (χ1n) is 6.50. The summed E-state index contributed by atoms with van der Waals surface area (Å²) in [7, 11) is 2.21. The summed E-state index contributed by atoms with van der Waals surface area (Å²) in [5, 5.41) is 0. The molecule has 17 heavy (non-hydrogen) atoms. The largest absolute Gasteiger partial charge is 0.472 e. The summed E-state index contributed by atoms with van der Waals surface area (Å²) in [5.74, 6) is 0.676. The van der Waals surface area contributed by atoms with Gasteiger partial charge in [-0.15, -0.1) is 0 Å². The molecule has 1 aromatic heterocycles. The fraction of sp³-hybridized carbons (Fsp3) is 0.643. The number of hydrogen-bond donors (Lipinski definition) is 0. The zero-order valence-corrected chi connectivity index (χ0v) is 10.3. The van der Waals surface area contributed by atoms with Crippen LogP contribution in [-0.4, -0.2) is 29.8 Å². The number of piperidine rings is 1. The molecule has 0 aromatic carbocycles. The highest BCUT2D eigenvalue weighted by atomic mass is 16.3. The third-order valence-electron chi connectivity index (χ3n) is 4.51. The lowest BCUT2D eigenvalue weighted by molar-refractivity contribution is -0.124. The zero-order valence-electron chi connectivity index (χ0n) is 10.3. The Bertz CT molecular complexity index is 384. The zero-order chi connectivity index (χ0) is 11.8. The topological polar surface area (TPSA) is 33.5 Å². The van der Waals surface area contributed by atoms with Gasteiger partial charge >= 0.3 is 0 Å². The van der Waals surface area contributed by atoms with Crippen molar-refractivity contribution in [2.75, 3.05) is 7.05 Å². The van der Waals surface area contributed by atoms with E-state index in [1.165, 1.54) is 12.8 Å². The lowest BCUT2D eigenvalue weighted by Gasteiger charge is -2.35. The van der Waals surface area contributed by atoms with E-state index in [-0.39, 0.29) is 5.92 Å². The van der Waals surface area contributed by atoms with Crippen LogP contribution in [0.15, 0.2) is 23.0 Å². The minimum atomic E-state index is 0.276. The number of carbonyl (C=O) groups is 1. The summed E-state index contributed by atoms with van der Waals surface area (Å²) in [6.07, 6.45) is 8.54. The van der Waals surface area contributed by atoms with Crippen LogP contribution >= 0.6 is 0 Å². The Morgan fingerprint density at radius 3 is 2.71 bits per heavy atom. The summed E-state index contributed by atoms with van der Waals surface area (Å²) >= 11 is 0. The van der Waals surface area contributed by atoms with E-state index in [1.807, 2.05) is 6.07 Å². The molecule has 2 fully saturated rings. The minimum absolute atomic E-state index is 0.276. The average molecular weight is 233 g/mol. The van der Waals surface area contributed by atoms with Gasteiger partial charge in [0.05, 0.1) is 12.5 Å². The van der Waals surface area contributed by atoms with Crippen molar-refractivity contribution in [2.45, 2.75) is 44.2 Å². The molecule has 0 saturated carbocycles. The molecular weight excluding hydrogens is 214 g/mol. The summed E-state index contributed by atoms with van der Waals surface area (Å²) in [5.41, 5.74) is 1.02.